The van der Waals surface area contributed by atoms with E-state index in [4.69, 9.17) is 10.2 Å². The minimum absolute atomic E-state index is 0.00894. The van der Waals surface area contributed by atoms with Crippen LogP contribution in [-0.4, -0.2) is 18.6 Å². The van der Waals surface area contributed by atoms with Crippen LogP contribution in [0.25, 0.3) is 0 Å². The van der Waals surface area contributed by atoms with Crippen molar-refractivity contribution in [2.75, 3.05) is 0 Å². The quantitative estimate of drug-likeness (QED) is 0.863. The van der Waals surface area contributed by atoms with Gasteiger partial charge in [0.25, 0.3) is 0 Å². The van der Waals surface area contributed by atoms with Crippen molar-refractivity contribution in [1.29, 1.82) is 0 Å². The molecule has 0 bridgehead atoms. The number of aromatic hydroxyl groups is 2. The van der Waals surface area contributed by atoms with Gasteiger partial charge in [-0.3, -0.25) is 0 Å². The normalized spacial score (nSPS) is 11.3. The van der Waals surface area contributed by atoms with Crippen molar-refractivity contribution >= 4 is 9.84 Å². The number of hydrogen-bond acceptors (Lipinski definition) is 4. The van der Waals surface area contributed by atoms with Crippen LogP contribution in [0.1, 0.15) is 0 Å². The van der Waals surface area contributed by atoms with Gasteiger partial charge in [0.1, 0.15) is 11.5 Å². The first-order valence-electron chi connectivity index (χ1n) is 4.83. The fraction of sp³-hybridized carbons (Fsp3) is 0. The molecule has 2 aromatic rings. The Morgan fingerprint density at radius 3 is 1.24 bits per heavy atom. The van der Waals surface area contributed by atoms with E-state index in [-0.39, 0.29) is 21.3 Å². The molecule has 0 radical (unpaired) electrons. The first-order chi connectivity index (χ1) is 8.00. The molecule has 0 saturated carbocycles. The Morgan fingerprint density at radius 2 is 0.941 bits per heavy atom. The largest absolute Gasteiger partial charge is 0.508 e. The second-order valence-corrected chi connectivity index (χ2v) is 5.44. The molecule has 0 aliphatic carbocycles. The van der Waals surface area contributed by atoms with Gasteiger partial charge in [0.05, 0.1) is 9.79 Å². The Bertz CT molecular complexity index is 561. The second kappa shape index (κ2) is 4.10. The van der Waals surface area contributed by atoms with Gasteiger partial charge in [-0.15, -0.1) is 0 Å². The van der Waals surface area contributed by atoms with Crippen LogP contribution in [0.15, 0.2) is 58.3 Å². The van der Waals surface area contributed by atoms with E-state index in [1.807, 2.05) is 0 Å². The number of phenolic OH excluding ortho intramolecular Hbond substituents is 2. The summed E-state index contributed by atoms with van der Waals surface area (Å²) < 4.78 is 24.2. The number of phenols is 2. The van der Waals surface area contributed by atoms with Gasteiger partial charge in [0.2, 0.25) is 9.84 Å². The summed E-state index contributed by atoms with van der Waals surface area (Å²) in [5.41, 5.74) is 0. The van der Waals surface area contributed by atoms with Crippen LogP contribution in [-0.2, 0) is 9.84 Å². The highest BCUT2D eigenvalue weighted by Gasteiger charge is 2.17. The lowest BCUT2D eigenvalue weighted by Crippen LogP contribution is -2.01. The third-order valence-electron chi connectivity index (χ3n) is 2.29. The molecular formula is C12H10O4S. The minimum atomic E-state index is -3.59. The lowest BCUT2D eigenvalue weighted by atomic mass is 10.8. The van der Waals surface area contributed by atoms with Gasteiger partial charge in [-0.25, -0.2) is 8.42 Å². The van der Waals surface area contributed by atoms with E-state index in [1.165, 1.54) is 48.5 Å². The van der Waals surface area contributed by atoms with Gasteiger partial charge in [-0.1, -0.05) is 0 Å². The number of sulfone groups is 1. The fourth-order valence-electron chi connectivity index (χ4n) is 1.39. The molecule has 0 heterocycles. The lowest BCUT2D eigenvalue weighted by Gasteiger charge is -2.04. The van der Waals surface area contributed by atoms with Gasteiger partial charge >= 0.3 is 0 Å². The Morgan fingerprint density at radius 1 is 0.647 bits per heavy atom. The van der Waals surface area contributed by atoms with Gasteiger partial charge in [-0.2, -0.15) is 0 Å². The van der Waals surface area contributed by atoms with Crippen molar-refractivity contribution in [3.63, 3.8) is 0 Å². The van der Waals surface area contributed by atoms with Crippen molar-refractivity contribution < 1.29 is 18.6 Å². The minimum Gasteiger partial charge on any atom is -0.508 e. The van der Waals surface area contributed by atoms with E-state index >= 15 is 0 Å². The molecule has 0 aromatic heterocycles. The van der Waals surface area contributed by atoms with Crippen LogP contribution in [0.3, 0.4) is 0 Å². The maximum atomic E-state index is 12.1. The van der Waals surface area contributed by atoms with E-state index in [2.05, 4.69) is 0 Å². The molecule has 0 fully saturated rings. The van der Waals surface area contributed by atoms with Crippen LogP contribution < -0.4 is 0 Å². The van der Waals surface area contributed by atoms with E-state index in [0.29, 0.717) is 0 Å². The zero-order valence-electron chi connectivity index (χ0n) is 8.74. The Hall–Kier alpha value is -2.01. The standard InChI is InChI=1S/C12H10O4S/c13-9-1-5-11(6-2-9)17(15,16)12-7-3-10(14)4-8-12/h1-8,13-14H/i1+1,3+1,5+1,7+1,9+1,10+1,11+1,12+1. The summed E-state index contributed by atoms with van der Waals surface area (Å²) in [6.07, 6.45) is 0. The van der Waals surface area contributed by atoms with Gasteiger partial charge in [-0.05, 0) is 48.5 Å². The van der Waals surface area contributed by atoms with Crippen LogP contribution in [0, 0.1) is 0 Å². The zero-order valence-corrected chi connectivity index (χ0v) is 9.55. The first kappa shape index (κ1) is 11.5. The Kier molecular flexibility index (Phi) is 2.77. The maximum Gasteiger partial charge on any atom is 0.206 e. The molecule has 0 unspecified atom stereocenters. The van der Waals surface area contributed by atoms with Crippen molar-refractivity contribution in [2.45, 2.75) is 9.79 Å². The molecule has 2 aromatic carbocycles. The summed E-state index contributed by atoms with van der Waals surface area (Å²) in [7, 11) is -3.59. The van der Waals surface area contributed by atoms with Crippen LogP contribution >= 0.6 is 0 Å². The summed E-state index contributed by atoms with van der Waals surface area (Å²) in [6, 6.07) is 10.6. The molecular weight excluding hydrogens is 248 g/mol. The molecule has 2 rings (SSSR count). The Balaban J connectivity index is 2.50. The smallest absolute Gasteiger partial charge is 0.206 e. The van der Waals surface area contributed by atoms with Crippen molar-refractivity contribution in [2.24, 2.45) is 0 Å². The summed E-state index contributed by atoms with van der Waals surface area (Å²) in [5, 5.41) is 18.2. The topological polar surface area (TPSA) is 74.6 Å². The third-order valence-corrected chi connectivity index (χ3v) is 4.08. The van der Waals surface area contributed by atoms with Crippen LogP contribution in [0.2, 0.25) is 0 Å². The highest BCUT2D eigenvalue weighted by atomic mass is 32.2. The number of hydrogen-bond donors (Lipinski definition) is 2. The highest BCUT2D eigenvalue weighted by Crippen LogP contribution is 2.23. The molecule has 0 aliphatic rings. The van der Waals surface area contributed by atoms with Crippen molar-refractivity contribution in [3.05, 3.63) is 48.5 Å². The van der Waals surface area contributed by atoms with Crippen LogP contribution in [0.5, 0.6) is 11.5 Å². The highest BCUT2D eigenvalue weighted by molar-refractivity contribution is 7.91. The van der Waals surface area contributed by atoms with Crippen LogP contribution in [0.4, 0.5) is 0 Å². The summed E-state index contributed by atoms with van der Waals surface area (Å²) in [6.45, 7) is 0. The molecule has 0 spiro atoms. The summed E-state index contributed by atoms with van der Waals surface area (Å²) in [5.74, 6) is 0.0179. The lowest BCUT2D eigenvalue weighted by molar-refractivity contribution is 0.474. The molecule has 4 nitrogen and oxygen atoms in total. The molecule has 2 N–H and O–H groups in total. The fourth-order valence-corrected chi connectivity index (χ4v) is 2.65. The summed E-state index contributed by atoms with van der Waals surface area (Å²) >= 11 is 0. The Labute approximate surface area is 98.7 Å². The average molecular weight is 258 g/mol. The predicted molar refractivity (Wildman–Crippen MR) is 61.7 cm³/mol. The molecule has 5 heteroatoms. The number of rotatable bonds is 2. The molecule has 0 saturated heterocycles. The van der Waals surface area contributed by atoms with Gasteiger partial charge in [0, 0.05) is 0 Å². The SMILES string of the molecule is O=S(=O)([13c]1cc[13c](O)[13cH][13cH]1)[13c]1cc[13c](O)[13cH][13cH]1. The van der Waals surface area contributed by atoms with E-state index in [0.717, 1.165) is 0 Å². The zero-order chi connectivity index (χ0) is 12.5. The second-order valence-electron chi connectivity index (χ2n) is 3.49. The molecule has 88 valence electrons. The number of benzene rings is 2. The van der Waals surface area contributed by atoms with Crippen molar-refractivity contribution in [1.82, 2.24) is 0 Å². The van der Waals surface area contributed by atoms with E-state index in [1.54, 1.807) is 0 Å². The summed E-state index contributed by atoms with van der Waals surface area (Å²) in [4.78, 5) is 0.196. The van der Waals surface area contributed by atoms with Crippen molar-refractivity contribution in [3.8, 4) is 11.5 Å². The monoisotopic (exact) mass is 258 g/mol. The molecule has 17 heavy (non-hydrogen) atoms. The maximum absolute atomic E-state index is 12.1. The van der Waals surface area contributed by atoms with E-state index in [9.17, 15) is 8.42 Å². The van der Waals surface area contributed by atoms with E-state index < -0.39 is 9.84 Å². The van der Waals surface area contributed by atoms with Gasteiger partial charge < -0.3 is 10.2 Å². The average Bonchev–Trinajstić information content (AvgIpc) is 2.30. The first-order valence-corrected chi connectivity index (χ1v) is 6.31. The molecule has 0 atom stereocenters. The van der Waals surface area contributed by atoms with Gasteiger partial charge in [0.15, 0.2) is 0 Å². The molecule has 0 amide bonds. The molecule has 0 aliphatic heterocycles. The predicted octanol–water partition coefficient (Wildman–Crippen LogP) is 1.93. The third kappa shape index (κ3) is 2.24.